The minimum Gasteiger partial charge on any atom is -0.306 e. The molecule has 1 atom stereocenters. The quantitative estimate of drug-likeness (QED) is 0.838. The Morgan fingerprint density at radius 1 is 1.67 bits per heavy atom. The number of anilines is 1. The van der Waals surface area contributed by atoms with Gasteiger partial charge >= 0.3 is 0 Å². The van der Waals surface area contributed by atoms with Gasteiger partial charge in [0.05, 0.1) is 11.6 Å². The predicted molar refractivity (Wildman–Crippen MR) is 62.5 cm³/mol. The second kappa shape index (κ2) is 3.55. The molecule has 4 nitrogen and oxygen atoms in total. The van der Waals surface area contributed by atoms with E-state index in [0.29, 0.717) is 5.13 Å². The third-order valence-corrected chi connectivity index (χ3v) is 4.41. The first-order valence-corrected chi connectivity index (χ1v) is 6.41. The Morgan fingerprint density at radius 3 is 3.20 bits per heavy atom. The van der Waals surface area contributed by atoms with Crippen molar-refractivity contribution in [3.63, 3.8) is 0 Å². The van der Waals surface area contributed by atoms with E-state index in [9.17, 15) is 4.79 Å². The van der Waals surface area contributed by atoms with Crippen LogP contribution >= 0.6 is 22.7 Å². The molecule has 1 fully saturated rings. The Morgan fingerprint density at radius 2 is 2.53 bits per heavy atom. The normalized spacial score (nSPS) is 20.1. The van der Waals surface area contributed by atoms with Gasteiger partial charge in [0.1, 0.15) is 4.01 Å². The molecule has 0 spiro atoms. The number of nitrogens with one attached hydrogen (secondary N) is 2. The van der Waals surface area contributed by atoms with Gasteiger partial charge in [-0.15, -0.1) is 11.3 Å². The lowest BCUT2D eigenvalue weighted by molar-refractivity contribution is -0.119. The Bertz CT molecular complexity index is 472. The van der Waals surface area contributed by atoms with E-state index < -0.39 is 0 Å². The van der Waals surface area contributed by atoms with Crippen LogP contribution < -0.4 is 10.6 Å². The molecule has 0 saturated carbocycles. The van der Waals surface area contributed by atoms with Crippen LogP contribution in [0.1, 0.15) is 6.42 Å². The van der Waals surface area contributed by atoms with Gasteiger partial charge in [0.2, 0.25) is 5.91 Å². The van der Waals surface area contributed by atoms with Gasteiger partial charge in [-0.05, 0) is 24.4 Å². The van der Waals surface area contributed by atoms with Crippen LogP contribution in [-0.4, -0.2) is 23.5 Å². The van der Waals surface area contributed by atoms with Gasteiger partial charge in [-0.3, -0.25) is 4.79 Å². The van der Waals surface area contributed by atoms with E-state index in [1.807, 2.05) is 11.4 Å². The van der Waals surface area contributed by atoms with Crippen LogP contribution in [0.5, 0.6) is 0 Å². The number of nitrogens with zero attached hydrogens (tertiary/aromatic N) is 1. The van der Waals surface area contributed by atoms with Crippen LogP contribution in [0, 0.1) is 0 Å². The number of hydrogen-bond donors (Lipinski definition) is 2. The Hall–Kier alpha value is -0.980. The minimum absolute atomic E-state index is 0.0214. The summed E-state index contributed by atoms with van der Waals surface area (Å²) in [6.45, 7) is 0.936. The maximum absolute atomic E-state index is 11.6. The number of carbonyl (C=O) groups is 1. The van der Waals surface area contributed by atoms with E-state index >= 15 is 0 Å². The van der Waals surface area contributed by atoms with Crippen molar-refractivity contribution in [3.05, 3.63) is 11.4 Å². The minimum atomic E-state index is -0.0214. The van der Waals surface area contributed by atoms with Crippen molar-refractivity contribution in [2.45, 2.75) is 12.5 Å². The third kappa shape index (κ3) is 1.64. The second-order valence-corrected chi connectivity index (χ2v) is 5.57. The molecule has 78 valence electrons. The molecule has 1 aliphatic rings. The topological polar surface area (TPSA) is 54.0 Å². The first kappa shape index (κ1) is 9.26. The van der Waals surface area contributed by atoms with E-state index in [1.54, 1.807) is 11.3 Å². The summed E-state index contributed by atoms with van der Waals surface area (Å²) in [6, 6.07) is 1.94. The van der Waals surface area contributed by atoms with E-state index in [0.717, 1.165) is 22.5 Å². The number of thiazole rings is 1. The van der Waals surface area contributed by atoms with Gasteiger partial charge in [0.15, 0.2) is 5.13 Å². The van der Waals surface area contributed by atoms with Gasteiger partial charge in [0.25, 0.3) is 0 Å². The summed E-state index contributed by atoms with van der Waals surface area (Å²) in [4.78, 5) is 15.9. The van der Waals surface area contributed by atoms with Crippen LogP contribution in [0.25, 0.3) is 9.53 Å². The first-order valence-electron chi connectivity index (χ1n) is 4.71. The summed E-state index contributed by atoms with van der Waals surface area (Å²) in [7, 11) is 0. The summed E-state index contributed by atoms with van der Waals surface area (Å²) in [5, 5.41) is 8.60. The van der Waals surface area contributed by atoms with Gasteiger partial charge in [-0.25, -0.2) is 4.98 Å². The number of carbonyl (C=O) groups excluding carboxylic acids is 1. The summed E-state index contributed by atoms with van der Waals surface area (Å²) in [5.74, 6) is 0.0302. The van der Waals surface area contributed by atoms with Crippen molar-refractivity contribution in [1.82, 2.24) is 10.3 Å². The Kier molecular flexibility index (Phi) is 2.19. The number of aromatic nitrogens is 1. The summed E-state index contributed by atoms with van der Waals surface area (Å²) in [5.41, 5.74) is 0.974. The largest absolute Gasteiger partial charge is 0.306 e. The van der Waals surface area contributed by atoms with Crippen LogP contribution in [-0.2, 0) is 4.79 Å². The summed E-state index contributed by atoms with van der Waals surface area (Å²) < 4.78 is 1.16. The average molecular weight is 239 g/mol. The molecule has 1 saturated heterocycles. The lowest BCUT2D eigenvalue weighted by atomic mass is 10.1. The lowest BCUT2D eigenvalue weighted by Crippen LogP contribution is -2.50. The molecular weight excluding hydrogens is 230 g/mol. The van der Waals surface area contributed by atoms with E-state index in [-0.39, 0.29) is 11.9 Å². The average Bonchev–Trinajstić information content (AvgIpc) is 2.58. The van der Waals surface area contributed by atoms with Crippen molar-refractivity contribution < 1.29 is 4.79 Å². The number of hydrogen-bond acceptors (Lipinski definition) is 5. The van der Waals surface area contributed by atoms with Crippen LogP contribution in [0.4, 0.5) is 5.13 Å². The molecule has 0 bridgehead atoms. The molecule has 2 aromatic rings. The Labute approximate surface area is 94.3 Å². The Balaban J connectivity index is 1.76. The SMILES string of the molecule is O=C(Nc1nc2ccsc2s1)[C@H]1CCN1. The van der Waals surface area contributed by atoms with Crippen molar-refractivity contribution >= 4 is 43.2 Å². The highest BCUT2D eigenvalue weighted by atomic mass is 32.2. The second-order valence-electron chi connectivity index (χ2n) is 3.40. The van der Waals surface area contributed by atoms with Crippen molar-refractivity contribution in [2.24, 2.45) is 0 Å². The zero-order chi connectivity index (χ0) is 10.3. The van der Waals surface area contributed by atoms with Crippen molar-refractivity contribution in [1.29, 1.82) is 0 Å². The zero-order valence-corrected chi connectivity index (χ0v) is 9.45. The van der Waals surface area contributed by atoms with Gasteiger partial charge in [0, 0.05) is 0 Å². The van der Waals surface area contributed by atoms with E-state index in [4.69, 9.17) is 0 Å². The molecule has 3 rings (SSSR count). The molecule has 0 radical (unpaired) electrons. The molecule has 0 aliphatic carbocycles. The molecule has 1 amide bonds. The monoisotopic (exact) mass is 239 g/mol. The summed E-state index contributed by atoms with van der Waals surface area (Å²) >= 11 is 3.18. The van der Waals surface area contributed by atoms with E-state index in [1.165, 1.54) is 11.3 Å². The molecule has 0 unspecified atom stereocenters. The molecular formula is C9H9N3OS2. The molecule has 2 aromatic heterocycles. The van der Waals surface area contributed by atoms with E-state index in [2.05, 4.69) is 15.6 Å². The predicted octanol–water partition coefficient (Wildman–Crippen LogP) is 1.66. The highest BCUT2D eigenvalue weighted by Crippen LogP contribution is 2.30. The fraction of sp³-hybridized carbons (Fsp3) is 0.333. The highest BCUT2D eigenvalue weighted by molar-refractivity contribution is 7.39. The molecule has 6 heteroatoms. The molecule has 1 aliphatic heterocycles. The van der Waals surface area contributed by atoms with Crippen LogP contribution in [0.15, 0.2) is 11.4 Å². The maximum atomic E-state index is 11.6. The van der Waals surface area contributed by atoms with Gasteiger partial charge in [-0.2, -0.15) is 0 Å². The molecule has 3 heterocycles. The number of amides is 1. The summed E-state index contributed by atoms with van der Waals surface area (Å²) in [6.07, 6.45) is 0.922. The fourth-order valence-electron chi connectivity index (χ4n) is 1.43. The smallest absolute Gasteiger partial charge is 0.243 e. The molecule has 2 N–H and O–H groups in total. The third-order valence-electron chi connectivity index (χ3n) is 2.39. The number of rotatable bonds is 2. The molecule has 0 aromatic carbocycles. The van der Waals surface area contributed by atoms with Gasteiger partial charge in [-0.1, -0.05) is 11.3 Å². The molecule has 15 heavy (non-hydrogen) atoms. The van der Waals surface area contributed by atoms with Crippen molar-refractivity contribution in [3.8, 4) is 0 Å². The lowest BCUT2D eigenvalue weighted by Gasteiger charge is -2.25. The zero-order valence-electron chi connectivity index (χ0n) is 7.82. The van der Waals surface area contributed by atoms with Crippen LogP contribution in [0.3, 0.4) is 0 Å². The van der Waals surface area contributed by atoms with Crippen LogP contribution in [0.2, 0.25) is 0 Å². The first-order chi connectivity index (χ1) is 7.33. The fourth-order valence-corrected chi connectivity index (χ4v) is 3.27. The maximum Gasteiger partial charge on any atom is 0.243 e. The number of thiophene rings is 1. The number of fused-ring (bicyclic) bond motifs is 1. The standard InChI is InChI=1S/C9H9N3OS2/c13-7(5-1-3-10-5)12-9-11-6-2-4-14-8(6)15-9/h2,4-5,10H,1,3H2,(H,11,12,13)/t5-/m1/s1. The highest BCUT2D eigenvalue weighted by Gasteiger charge is 2.25. The van der Waals surface area contributed by atoms with Gasteiger partial charge < -0.3 is 10.6 Å². The van der Waals surface area contributed by atoms with Crippen molar-refractivity contribution in [2.75, 3.05) is 11.9 Å².